The summed E-state index contributed by atoms with van der Waals surface area (Å²) < 4.78 is 0. The van der Waals surface area contributed by atoms with Crippen LogP contribution in [-0.4, -0.2) is 11.9 Å². The molecule has 0 aromatic heterocycles. The molecule has 3 nitrogen and oxygen atoms in total. The maximum atomic E-state index is 12.2. The summed E-state index contributed by atoms with van der Waals surface area (Å²) in [6, 6.07) is 7.75. The molecular weight excluding hydrogens is 260 g/mol. The molecule has 0 heterocycles. The second kappa shape index (κ2) is 6.40. The Morgan fingerprint density at radius 3 is 2.68 bits per heavy atom. The van der Waals surface area contributed by atoms with E-state index >= 15 is 0 Å². The highest BCUT2D eigenvalue weighted by Crippen LogP contribution is 2.24. The maximum absolute atomic E-state index is 12.2. The third-order valence-corrected chi connectivity index (χ3v) is 4.07. The Labute approximate surface area is 119 Å². The van der Waals surface area contributed by atoms with Crippen molar-refractivity contribution in [3.63, 3.8) is 0 Å². The minimum Gasteiger partial charge on any atom is -0.349 e. The van der Waals surface area contributed by atoms with Crippen LogP contribution in [-0.2, 0) is 4.79 Å². The van der Waals surface area contributed by atoms with Crippen LogP contribution < -0.4 is 11.1 Å². The molecule has 0 radical (unpaired) electrons. The highest BCUT2D eigenvalue weighted by molar-refractivity contribution is 6.30. The smallest absolute Gasteiger partial charge is 0.223 e. The van der Waals surface area contributed by atoms with E-state index < -0.39 is 0 Å². The van der Waals surface area contributed by atoms with E-state index in [0.717, 1.165) is 31.2 Å². The number of halogens is 1. The van der Waals surface area contributed by atoms with Gasteiger partial charge in [-0.15, -0.1) is 0 Å². The van der Waals surface area contributed by atoms with E-state index in [0.29, 0.717) is 5.02 Å². The molecule has 19 heavy (non-hydrogen) atoms. The second-order valence-corrected chi connectivity index (χ2v) is 5.84. The van der Waals surface area contributed by atoms with Crippen LogP contribution in [0.25, 0.3) is 0 Å². The molecule has 1 aromatic rings. The van der Waals surface area contributed by atoms with Crippen molar-refractivity contribution in [3.05, 3.63) is 34.9 Å². The molecule has 0 aliphatic heterocycles. The van der Waals surface area contributed by atoms with Gasteiger partial charge in [0, 0.05) is 17.0 Å². The van der Waals surface area contributed by atoms with Gasteiger partial charge in [-0.2, -0.15) is 0 Å². The number of rotatable bonds is 3. The summed E-state index contributed by atoms with van der Waals surface area (Å²) in [5, 5.41) is 3.78. The molecule has 0 bridgehead atoms. The highest BCUT2D eigenvalue weighted by Gasteiger charge is 2.26. The molecule has 1 aliphatic rings. The SMILES string of the molecule is C[C@@H](NC(=O)C1CCCC(N)C1)c1ccc(Cl)cc1. The van der Waals surface area contributed by atoms with Crippen molar-refractivity contribution >= 4 is 17.5 Å². The first-order valence-corrected chi connectivity index (χ1v) is 7.25. The fourth-order valence-corrected chi connectivity index (χ4v) is 2.76. The van der Waals surface area contributed by atoms with Crippen LogP contribution in [0.1, 0.15) is 44.2 Å². The van der Waals surface area contributed by atoms with Crippen molar-refractivity contribution in [2.24, 2.45) is 11.7 Å². The Balaban J connectivity index is 1.92. The standard InChI is InChI=1S/C15H21ClN2O/c1-10(11-5-7-13(16)8-6-11)18-15(19)12-3-2-4-14(17)9-12/h5-8,10,12,14H,2-4,9,17H2,1H3,(H,18,19)/t10-,12?,14?/m1/s1. The van der Waals surface area contributed by atoms with E-state index in [1.807, 2.05) is 31.2 Å². The first-order chi connectivity index (χ1) is 9.06. The van der Waals surface area contributed by atoms with Crippen molar-refractivity contribution in [1.82, 2.24) is 5.32 Å². The zero-order chi connectivity index (χ0) is 13.8. The summed E-state index contributed by atoms with van der Waals surface area (Å²) in [5.74, 6) is 0.191. The quantitative estimate of drug-likeness (QED) is 0.894. The molecule has 3 N–H and O–H groups in total. The first-order valence-electron chi connectivity index (χ1n) is 6.87. The minimum absolute atomic E-state index is 0.00270. The molecule has 1 amide bonds. The Morgan fingerprint density at radius 2 is 2.05 bits per heavy atom. The van der Waals surface area contributed by atoms with Crippen molar-refractivity contribution in [2.75, 3.05) is 0 Å². The van der Waals surface area contributed by atoms with Gasteiger partial charge in [-0.05, 0) is 43.9 Å². The largest absolute Gasteiger partial charge is 0.349 e. The molecular formula is C15H21ClN2O. The zero-order valence-electron chi connectivity index (χ0n) is 11.2. The van der Waals surface area contributed by atoms with Crippen LogP contribution in [0, 0.1) is 5.92 Å². The van der Waals surface area contributed by atoms with Crippen LogP contribution >= 0.6 is 11.6 Å². The average molecular weight is 281 g/mol. The van der Waals surface area contributed by atoms with Crippen LogP contribution in [0.2, 0.25) is 5.02 Å². The first kappa shape index (κ1) is 14.4. The van der Waals surface area contributed by atoms with Crippen molar-refractivity contribution in [3.8, 4) is 0 Å². The lowest BCUT2D eigenvalue weighted by atomic mass is 9.85. The maximum Gasteiger partial charge on any atom is 0.223 e. The molecule has 0 saturated heterocycles. The van der Waals surface area contributed by atoms with E-state index in [1.54, 1.807) is 0 Å². The number of hydrogen-bond donors (Lipinski definition) is 2. The molecule has 1 aromatic carbocycles. The number of amides is 1. The van der Waals surface area contributed by atoms with Gasteiger partial charge in [-0.25, -0.2) is 0 Å². The Hall–Kier alpha value is -1.06. The van der Waals surface area contributed by atoms with E-state index in [-0.39, 0.29) is 23.9 Å². The fraction of sp³-hybridized carbons (Fsp3) is 0.533. The van der Waals surface area contributed by atoms with Gasteiger partial charge in [0.15, 0.2) is 0 Å². The number of carbonyl (C=O) groups excluding carboxylic acids is 1. The molecule has 1 saturated carbocycles. The summed E-state index contributed by atoms with van der Waals surface area (Å²) in [6.45, 7) is 1.99. The Bertz CT molecular complexity index is 432. The average Bonchev–Trinajstić information content (AvgIpc) is 2.39. The third kappa shape index (κ3) is 3.95. The van der Waals surface area contributed by atoms with Gasteiger partial charge in [0.1, 0.15) is 0 Å². The summed E-state index contributed by atoms with van der Waals surface area (Å²) in [6.07, 6.45) is 3.84. The molecule has 4 heteroatoms. The Kier molecular flexibility index (Phi) is 4.83. The normalized spacial score (nSPS) is 24.8. The van der Waals surface area contributed by atoms with Gasteiger partial charge in [0.25, 0.3) is 0 Å². The van der Waals surface area contributed by atoms with Crippen molar-refractivity contribution in [1.29, 1.82) is 0 Å². The van der Waals surface area contributed by atoms with Crippen LogP contribution in [0.4, 0.5) is 0 Å². The van der Waals surface area contributed by atoms with Crippen LogP contribution in [0.5, 0.6) is 0 Å². The molecule has 3 atom stereocenters. The van der Waals surface area contributed by atoms with Gasteiger partial charge >= 0.3 is 0 Å². The Morgan fingerprint density at radius 1 is 1.37 bits per heavy atom. The molecule has 2 unspecified atom stereocenters. The van der Waals surface area contributed by atoms with E-state index in [2.05, 4.69) is 5.32 Å². The number of nitrogens with one attached hydrogen (secondary N) is 1. The van der Waals surface area contributed by atoms with Crippen molar-refractivity contribution in [2.45, 2.75) is 44.7 Å². The monoisotopic (exact) mass is 280 g/mol. The predicted molar refractivity (Wildman–Crippen MR) is 77.9 cm³/mol. The third-order valence-electron chi connectivity index (χ3n) is 3.81. The zero-order valence-corrected chi connectivity index (χ0v) is 12.0. The molecule has 1 aliphatic carbocycles. The number of hydrogen-bond acceptors (Lipinski definition) is 2. The van der Waals surface area contributed by atoms with Crippen LogP contribution in [0.15, 0.2) is 24.3 Å². The topological polar surface area (TPSA) is 55.1 Å². The number of benzene rings is 1. The van der Waals surface area contributed by atoms with Gasteiger partial charge in [-0.3, -0.25) is 4.79 Å². The lowest BCUT2D eigenvalue weighted by Crippen LogP contribution is -2.38. The fourth-order valence-electron chi connectivity index (χ4n) is 2.63. The van der Waals surface area contributed by atoms with Gasteiger partial charge < -0.3 is 11.1 Å². The van der Waals surface area contributed by atoms with E-state index in [9.17, 15) is 4.79 Å². The predicted octanol–water partition coefficient (Wildman–Crippen LogP) is 3.03. The lowest BCUT2D eigenvalue weighted by molar-refractivity contribution is -0.126. The number of nitrogens with two attached hydrogens (primary N) is 1. The molecule has 1 fully saturated rings. The summed E-state index contributed by atoms with van der Waals surface area (Å²) >= 11 is 5.86. The molecule has 104 valence electrons. The number of carbonyl (C=O) groups is 1. The molecule has 0 spiro atoms. The van der Waals surface area contributed by atoms with Crippen LogP contribution in [0.3, 0.4) is 0 Å². The summed E-state index contributed by atoms with van der Waals surface area (Å²) in [5.41, 5.74) is 6.99. The minimum atomic E-state index is 0.00270. The highest BCUT2D eigenvalue weighted by atomic mass is 35.5. The lowest BCUT2D eigenvalue weighted by Gasteiger charge is -2.27. The van der Waals surface area contributed by atoms with Gasteiger partial charge in [0.05, 0.1) is 6.04 Å². The summed E-state index contributed by atoms with van der Waals surface area (Å²) in [4.78, 5) is 12.2. The van der Waals surface area contributed by atoms with Gasteiger partial charge in [0.2, 0.25) is 5.91 Å². The van der Waals surface area contributed by atoms with E-state index in [1.165, 1.54) is 0 Å². The van der Waals surface area contributed by atoms with Gasteiger partial charge in [-0.1, -0.05) is 30.2 Å². The van der Waals surface area contributed by atoms with Crippen molar-refractivity contribution < 1.29 is 4.79 Å². The second-order valence-electron chi connectivity index (χ2n) is 5.41. The molecule has 2 rings (SSSR count). The van der Waals surface area contributed by atoms with E-state index in [4.69, 9.17) is 17.3 Å². The summed E-state index contributed by atoms with van der Waals surface area (Å²) in [7, 11) is 0.